The lowest BCUT2D eigenvalue weighted by Gasteiger charge is -2.07. The van der Waals surface area contributed by atoms with Crippen LogP contribution < -0.4 is 5.32 Å². The first-order valence-corrected chi connectivity index (χ1v) is 8.40. The molecular formula is C17H14ClN3OS. The summed E-state index contributed by atoms with van der Waals surface area (Å²) in [6.07, 6.45) is 0. The number of rotatable bonds is 4. The van der Waals surface area contributed by atoms with E-state index in [0.29, 0.717) is 10.8 Å². The lowest BCUT2D eigenvalue weighted by atomic mass is 10.2. The number of aromatic nitrogens is 2. The maximum absolute atomic E-state index is 12.1. The first-order chi connectivity index (χ1) is 11.1. The Morgan fingerprint density at radius 2 is 1.87 bits per heavy atom. The molecule has 0 radical (unpaired) electrons. The number of thioether (sulfide) groups is 1. The van der Waals surface area contributed by atoms with Crippen LogP contribution in [0.1, 0.15) is 5.82 Å². The van der Waals surface area contributed by atoms with E-state index >= 15 is 0 Å². The highest BCUT2D eigenvalue weighted by Gasteiger charge is 2.09. The summed E-state index contributed by atoms with van der Waals surface area (Å²) in [4.78, 5) is 20.9. The molecule has 2 aromatic carbocycles. The summed E-state index contributed by atoms with van der Waals surface area (Å²) in [6.45, 7) is 1.85. The largest absolute Gasteiger partial charge is 0.325 e. The fraction of sp³-hybridized carbons (Fsp3) is 0.118. The van der Waals surface area contributed by atoms with Crippen molar-refractivity contribution < 1.29 is 4.79 Å². The zero-order valence-electron chi connectivity index (χ0n) is 12.4. The SMILES string of the molecule is Cc1nc(SCC(=O)Nc2ccc(Cl)cc2)c2ccccc2n1. The molecule has 1 heterocycles. The van der Waals surface area contributed by atoms with Gasteiger partial charge in [0.05, 0.1) is 11.3 Å². The summed E-state index contributed by atoms with van der Waals surface area (Å²) in [5.74, 6) is 0.894. The summed E-state index contributed by atoms with van der Waals surface area (Å²) < 4.78 is 0. The third kappa shape index (κ3) is 4.00. The van der Waals surface area contributed by atoms with Crippen molar-refractivity contribution in [3.05, 3.63) is 59.4 Å². The van der Waals surface area contributed by atoms with E-state index in [2.05, 4.69) is 15.3 Å². The molecule has 3 aromatic rings. The summed E-state index contributed by atoms with van der Waals surface area (Å²) in [5, 5.41) is 5.26. The predicted molar refractivity (Wildman–Crippen MR) is 95.1 cm³/mol. The van der Waals surface area contributed by atoms with Gasteiger partial charge in [0.25, 0.3) is 0 Å². The molecule has 0 aliphatic carbocycles. The number of carbonyl (C=O) groups is 1. The first-order valence-electron chi connectivity index (χ1n) is 7.03. The van der Waals surface area contributed by atoms with Gasteiger partial charge in [-0.25, -0.2) is 9.97 Å². The fourth-order valence-electron chi connectivity index (χ4n) is 2.13. The van der Waals surface area contributed by atoms with Crippen LogP contribution in [0.15, 0.2) is 53.6 Å². The minimum absolute atomic E-state index is 0.0855. The number of amides is 1. The number of carbonyl (C=O) groups excluding carboxylic acids is 1. The van der Waals surface area contributed by atoms with Crippen molar-refractivity contribution in [2.75, 3.05) is 11.1 Å². The van der Waals surface area contributed by atoms with Gasteiger partial charge in [0.2, 0.25) is 5.91 Å². The highest BCUT2D eigenvalue weighted by atomic mass is 35.5. The minimum atomic E-state index is -0.0855. The number of nitrogens with zero attached hydrogens (tertiary/aromatic N) is 2. The van der Waals surface area contributed by atoms with Crippen molar-refractivity contribution in [2.45, 2.75) is 11.9 Å². The monoisotopic (exact) mass is 343 g/mol. The summed E-state index contributed by atoms with van der Waals surface area (Å²) in [6, 6.07) is 14.8. The van der Waals surface area contributed by atoms with Crippen molar-refractivity contribution in [3.63, 3.8) is 0 Å². The molecular weight excluding hydrogens is 330 g/mol. The van der Waals surface area contributed by atoms with Gasteiger partial charge in [0.1, 0.15) is 10.9 Å². The van der Waals surface area contributed by atoms with Crippen molar-refractivity contribution in [3.8, 4) is 0 Å². The van der Waals surface area contributed by atoms with Gasteiger partial charge < -0.3 is 5.32 Å². The predicted octanol–water partition coefficient (Wildman–Crippen LogP) is 4.32. The highest BCUT2D eigenvalue weighted by molar-refractivity contribution is 8.00. The van der Waals surface area contributed by atoms with Gasteiger partial charge in [-0.15, -0.1) is 0 Å². The minimum Gasteiger partial charge on any atom is -0.325 e. The Kier molecular flexibility index (Phi) is 4.79. The number of hydrogen-bond donors (Lipinski definition) is 1. The van der Waals surface area contributed by atoms with Crippen LogP contribution in [0.5, 0.6) is 0 Å². The second-order valence-corrected chi connectivity index (χ2v) is 6.34. The number of fused-ring (bicyclic) bond motifs is 1. The fourth-order valence-corrected chi connectivity index (χ4v) is 3.12. The van der Waals surface area contributed by atoms with E-state index in [1.807, 2.05) is 31.2 Å². The smallest absolute Gasteiger partial charge is 0.234 e. The van der Waals surface area contributed by atoms with E-state index in [0.717, 1.165) is 21.6 Å². The van der Waals surface area contributed by atoms with Crippen LogP contribution >= 0.6 is 23.4 Å². The van der Waals surface area contributed by atoms with Gasteiger partial charge in [-0.2, -0.15) is 0 Å². The van der Waals surface area contributed by atoms with Crippen molar-refractivity contribution in [1.82, 2.24) is 9.97 Å². The molecule has 116 valence electrons. The first kappa shape index (κ1) is 15.8. The third-order valence-corrected chi connectivity index (χ3v) is 4.39. The van der Waals surface area contributed by atoms with Crippen LogP contribution in [-0.4, -0.2) is 21.6 Å². The molecule has 1 N–H and O–H groups in total. The van der Waals surface area contributed by atoms with E-state index in [4.69, 9.17) is 11.6 Å². The molecule has 0 spiro atoms. The summed E-state index contributed by atoms with van der Waals surface area (Å²) in [5.41, 5.74) is 1.62. The van der Waals surface area contributed by atoms with Crippen molar-refractivity contribution >= 4 is 45.9 Å². The Morgan fingerprint density at radius 3 is 2.65 bits per heavy atom. The molecule has 0 saturated heterocycles. The van der Waals surface area contributed by atoms with Crippen molar-refractivity contribution in [2.24, 2.45) is 0 Å². The van der Waals surface area contributed by atoms with Crippen molar-refractivity contribution in [1.29, 1.82) is 0 Å². The van der Waals surface area contributed by atoms with Crippen LogP contribution in [0.2, 0.25) is 5.02 Å². The summed E-state index contributed by atoms with van der Waals surface area (Å²) >= 11 is 7.23. The van der Waals surface area contributed by atoms with E-state index in [1.165, 1.54) is 11.8 Å². The lowest BCUT2D eigenvalue weighted by molar-refractivity contribution is -0.113. The van der Waals surface area contributed by atoms with Crippen LogP contribution in [0, 0.1) is 6.92 Å². The van der Waals surface area contributed by atoms with Gasteiger partial charge in [0.15, 0.2) is 0 Å². The Morgan fingerprint density at radius 1 is 1.13 bits per heavy atom. The average molecular weight is 344 g/mol. The molecule has 4 nitrogen and oxygen atoms in total. The Labute approximate surface area is 143 Å². The molecule has 0 atom stereocenters. The number of hydrogen-bond acceptors (Lipinski definition) is 4. The van der Waals surface area contributed by atoms with E-state index in [-0.39, 0.29) is 11.7 Å². The quantitative estimate of drug-likeness (QED) is 0.566. The molecule has 0 saturated carbocycles. The van der Waals surface area contributed by atoms with Crippen LogP contribution in [0.4, 0.5) is 5.69 Å². The number of aryl methyl sites for hydroxylation is 1. The molecule has 0 bridgehead atoms. The molecule has 1 aromatic heterocycles. The van der Waals surface area contributed by atoms with E-state index < -0.39 is 0 Å². The number of nitrogens with one attached hydrogen (secondary N) is 1. The number of halogens is 1. The molecule has 1 amide bonds. The maximum atomic E-state index is 12.1. The lowest BCUT2D eigenvalue weighted by Crippen LogP contribution is -2.14. The average Bonchev–Trinajstić information content (AvgIpc) is 2.54. The normalized spacial score (nSPS) is 10.7. The molecule has 3 rings (SSSR count). The number of benzene rings is 2. The Bertz CT molecular complexity index is 852. The molecule has 0 unspecified atom stereocenters. The van der Waals surface area contributed by atoms with E-state index in [1.54, 1.807) is 24.3 Å². The topological polar surface area (TPSA) is 54.9 Å². The van der Waals surface area contributed by atoms with Crippen LogP contribution in [0.3, 0.4) is 0 Å². The maximum Gasteiger partial charge on any atom is 0.234 e. The highest BCUT2D eigenvalue weighted by Crippen LogP contribution is 2.25. The van der Waals surface area contributed by atoms with Gasteiger partial charge in [-0.1, -0.05) is 41.6 Å². The Hall–Kier alpha value is -2.11. The zero-order valence-corrected chi connectivity index (χ0v) is 14.0. The summed E-state index contributed by atoms with van der Waals surface area (Å²) in [7, 11) is 0. The van der Waals surface area contributed by atoms with E-state index in [9.17, 15) is 4.79 Å². The van der Waals surface area contributed by atoms with Gasteiger partial charge in [-0.05, 0) is 37.3 Å². The number of anilines is 1. The van der Waals surface area contributed by atoms with Gasteiger partial charge in [0, 0.05) is 16.1 Å². The molecule has 0 fully saturated rings. The number of para-hydroxylation sites is 1. The molecule has 0 aliphatic heterocycles. The third-order valence-electron chi connectivity index (χ3n) is 3.15. The van der Waals surface area contributed by atoms with Crippen LogP contribution in [-0.2, 0) is 4.79 Å². The Balaban J connectivity index is 1.70. The molecule has 6 heteroatoms. The standard InChI is InChI=1S/C17H14ClN3OS/c1-11-19-15-5-3-2-4-14(15)17(20-11)23-10-16(22)21-13-8-6-12(18)7-9-13/h2-9H,10H2,1H3,(H,21,22). The van der Waals surface area contributed by atoms with Gasteiger partial charge in [-0.3, -0.25) is 4.79 Å². The molecule has 0 aliphatic rings. The second kappa shape index (κ2) is 6.98. The zero-order chi connectivity index (χ0) is 16.2. The van der Waals surface area contributed by atoms with Gasteiger partial charge >= 0.3 is 0 Å². The van der Waals surface area contributed by atoms with Crippen LogP contribution in [0.25, 0.3) is 10.9 Å². The second-order valence-electron chi connectivity index (χ2n) is 4.94. The molecule has 23 heavy (non-hydrogen) atoms.